The third-order valence-corrected chi connectivity index (χ3v) is 7.84. The maximum absolute atomic E-state index is 14.0. The monoisotopic (exact) mass is 506 g/mol. The fraction of sp³-hybridized carbons (Fsp3) is 0.250. The average Bonchev–Trinajstić information content (AvgIpc) is 3.32. The van der Waals surface area contributed by atoms with Gasteiger partial charge in [-0.25, -0.2) is 17.4 Å². The quantitative estimate of drug-likeness (QED) is 0.318. The van der Waals surface area contributed by atoms with Crippen molar-refractivity contribution in [1.29, 1.82) is 0 Å². The SMILES string of the molecule is C=CC(c1ccc2nc(C)oc2c1)S(=O)(=O)n1c(C(CC)C(=O)O)cc2cc(C(F)(F)F)ccc21. The molecule has 7 nitrogen and oxygen atoms in total. The Kier molecular flexibility index (Phi) is 6.00. The predicted octanol–water partition coefficient (Wildman–Crippen LogP) is 5.79. The van der Waals surface area contributed by atoms with Crippen LogP contribution in [0.25, 0.3) is 22.0 Å². The van der Waals surface area contributed by atoms with Crippen LogP contribution in [0, 0.1) is 6.92 Å². The lowest BCUT2D eigenvalue weighted by Gasteiger charge is -2.20. The van der Waals surface area contributed by atoms with E-state index in [1.807, 2.05) is 0 Å². The van der Waals surface area contributed by atoms with E-state index >= 15 is 0 Å². The molecule has 2 aromatic carbocycles. The van der Waals surface area contributed by atoms with E-state index in [9.17, 15) is 31.5 Å². The number of aryl methyl sites for hydroxylation is 1. The minimum absolute atomic E-state index is 0.0232. The first kappa shape index (κ1) is 24.5. The molecule has 11 heteroatoms. The van der Waals surface area contributed by atoms with Gasteiger partial charge in [0.25, 0.3) is 0 Å². The van der Waals surface area contributed by atoms with Gasteiger partial charge in [0.2, 0.25) is 10.0 Å². The second kappa shape index (κ2) is 8.56. The summed E-state index contributed by atoms with van der Waals surface area (Å²) in [5.41, 5.74) is -0.0110. The fourth-order valence-electron chi connectivity index (χ4n) is 4.20. The summed E-state index contributed by atoms with van der Waals surface area (Å²) in [6.45, 7) is 6.85. The number of hydrogen-bond donors (Lipinski definition) is 1. The molecule has 35 heavy (non-hydrogen) atoms. The zero-order chi connectivity index (χ0) is 25.7. The Morgan fingerprint density at radius 1 is 1.23 bits per heavy atom. The van der Waals surface area contributed by atoms with Crippen molar-refractivity contribution in [1.82, 2.24) is 8.96 Å². The van der Waals surface area contributed by atoms with Crippen molar-refractivity contribution in [2.75, 3.05) is 0 Å². The van der Waals surface area contributed by atoms with E-state index in [4.69, 9.17) is 4.42 Å². The lowest BCUT2D eigenvalue weighted by atomic mass is 10.0. The number of halogens is 3. The Labute approximate surface area is 198 Å². The molecular weight excluding hydrogens is 485 g/mol. The smallest absolute Gasteiger partial charge is 0.416 e. The van der Waals surface area contributed by atoms with Gasteiger partial charge in [-0.1, -0.05) is 19.1 Å². The maximum atomic E-state index is 14.0. The summed E-state index contributed by atoms with van der Waals surface area (Å²) in [7, 11) is -4.42. The van der Waals surface area contributed by atoms with Crippen LogP contribution >= 0.6 is 0 Å². The first-order chi connectivity index (χ1) is 16.4. The molecule has 184 valence electrons. The van der Waals surface area contributed by atoms with E-state index in [1.165, 1.54) is 24.3 Å². The van der Waals surface area contributed by atoms with Crippen LogP contribution in [0.15, 0.2) is 59.5 Å². The molecule has 0 bridgehead atoms. The molecule has 0 aliphatic heterocycles. The van der Waals surface area contributed by atoms with Gasteiger partial charge in [0.1, 0.15) is 10.8 Å². The molecule has 0 saturated carbocycles. The lowest BCUT2D eigenvalue weighted by molar-refractivity contribution is -0.139. The van der Waals surface area contributed by atoms with Crippen molar-refractivity contribution in [2.24, 2.45) is 0 Å². The van der Waals surface area contributed by atoms with E-state index in [0.717, 1.165) is 22.2 Å². The number of carbonyl (C=O) groups is 1. The summed E-state index contributed by atoms with van der Waals surface area (Å²) >= 11 is 0. The Hall–Kier alpha value is -3.60. The molecule has 2 aromatic heterocycles. The molecule has 0 aliphatic rings. The van der Waals surface area contributed by atoms with Gasteiger partial charge in [-0.3, -0.25) is 4.79 Å². The highest BCUT2D eigenvalue weighted by Gasteiger charge is 2.36. The van der Waals surface area contributed by atoms with Crippen molar-refractivity contribution < 1.29 is 35.9 Å². The van der Waals surface area contributed by atoms with Crippen molar-refractivity contribution >= 4 is 38.0 Å². The Morgan fingerprint density at radius 3 is 2.54 bits per heavy atom. The van der Waals surface area contributed by atoms with Crippen LogP contribution in [-0.2, 0) is 21.0 Å². The van der Waals surface area contributed by atoms with Gasteiger partial charge in [-0.05, 0) is 48.4 Å². The first-order valence-corrected chi connectivity index (χ1v) is 12.1. The summed E-state index contributed by atoms with van der Waals surface area (Å²) in [5.74, 6) is -2.17. The molecule has 0 fully saturated rings. The second-order valence-electron chi connectivity index (χ2n) is 8.07. The van der Waals surface area contributed by atoms with Gasteiger partial charge in [0, 0.05) is 18.0 Å². The number of aromatic nitrogens is 2. The van der Waals surface area contributed by atoms with Crippen LogP contribution in [0.2, 0.25) is 0 Å². The molecule has 0 spiro atoms. The molecule has 0 aliphatic carbocycles. The summed E-state index contributed by atoms with van der Waals surface area (Å²) < 4.78 is 74.1. The molecule has 0 radical (unpaired) electrons. The largest absolute Gasteiger partial charge is 0.481 e. The van der Waals surface area contributed by atoms with Crippen molar-refractivity contribution in [3.63, 3.8) is 0 Å². The minimum atomic E-state index is -4.65. The van der Waals surface area contributed by atoms with Gasteiger partial charge >= 0.3 is 12.1 Å². The number of carboxylic acids is 1. The average molecular weight is 507 g/mol. The highest BCUT2D eigenvalue weighted by Crippen LogP contribution is 2.38. The number of aliphatic carboxylic acids is 1. The van der Waals surface area contributed by atoms with Gasteiger partial charge in [-0.2, -0.15) is 13.2 Å². The lowest BCUT2D eigenvalue weighted by Crippen LogP contribution is -2.25. The topological polar surface area (TPSA) is 102 Å². The van der Waals surface area contributed by atoms with Crippen LogP contribution in [0.1, 0.15) is 47.2 Å². The highest BCUT2D eigenvalue weighted by molar-refractivity contribution is 7.90. The molecule has 2 unspecified atom stereocenters. The molecule has 0 amide bonds. The molecule has 2 atom stereocenters. The van der Waals surface area contributed by atoms with Gasteiger partial charge in [-0.15, -0.1) is 6.58 Å². The molecule has 1 N–H and O–H groups in total. The zero-order valence-corrected chi connectivity index (χ0v) is 19.5. The molecule has 4 aromatic rings. The number of carboxylic acid groups (broad SMARTS) is 1. The summed E-state index contributed by atoms with van der Waals surface area (Å²) in [4.78, 5) is 16.1. The van der Waals surface area contributed by atoms with Crippen molar-refractivity contribution in [2.45, 2.75) is 37.6 Å². The number of oxazole rings is 1. The Balaban J connectivity index is 1.98. The molecule has 0 saturated heterocycles. The van der Waals surface area contributed by atoms with E-state index in [0.29, 0.717) is 17.0 Å². The molecular formula is C24H21F3N2O5S. The number of benzene rings is 2. The Morgan fingerprint density at radius 2 is 1.94 bits per heavy atom. The van der Waals surface area contributed by atoms with E-state index in [1.54, 1.807) is 19.9 Å². The fourth-order valence-corrected chi connectivity index (χ4v) is 6.08. The summed E-state index contributed by atoms with van der Waals surface area (Å²) in [6, 6.07) is 8.43. The highest BCUT2D eigenvalue weighted by atomic mass is 32.2. The van der Waals surface area contributed by atoms with E-state index < -0.39 is 38.9 Å². The molecule has 4 rings (SSSR count). The number of alkyl halides is 3. The van der Waals surface area contributed by atoms with Crippen molar-refractivity contribution in [3.8, 4) is 0 Å². The van der Waals surface area contributed by atoms with Crippen LogP contribution in [0.4, 0.5) is 13.2 Å². The third-order valence-electron chi connectivity index (χ3n) is 5.81. The summed E-state index contributed by atoms with van der Waals surface area (Å²) in [6.07, 6.45) is -3.45. The molecule has 2 heterocycles. The van der Waals surface area contributed by atoms with Gasteiger partial charge in [0.15, 0.2) is 11.5 Å². The standard InChI is InChI=1S/C24H21F3N2O5S/c1-4-17(23(30)31)20-11-15-10-16(24(25,26)27)7-9-19(15)29(20)35(32,33)22(5-2)14-6-8-18-21(12-14)34-13(3)28-18/h5-12,17,22H,2,4H2,1,3H3,(H,30,31). The van der Waals surface area contributed by atoms with Crippen LogP contribution < -0.4 is 0 Å². The Bertz CT molecular complexity index is 1570. The van der Waals surface area contributed by atoms with E-state index in [-0.39, 0.29) is 28.6 Å². The maximum Gasteiger partial charge on any atom is 0.416 e. The normalized spacial score (nSPS) is 14.3. The van der Waals surface area contributed by atoms with Crippen LogP contribution in [-0.4, -0.2) is 28.5 Å². The third kappa shape index (κ3) is 4.20. The van der Waals surface area contributed by atoms with Crippen molar-refractivity contribution in [3.05, 3.63) is 77.8 Å². The number of hydrogen-bond acceptors (Lipinski definition) is 5. The van der Waals surface area contributed by atoms with Crippen LogP contribution in [0.3, 0.4) is 0 Å². The summed E-state index contributed by atoms with van der Waals surface area (Å²) in [5, 5.41) is 8.35. The minimum Gasteiger partial charge on any atom is -0.481 e. The van der Waals surface area contributed by atoms with Gasteiger partial charge < -0.3 is 9.52 Å². The zero-order valence-electron chi connectivity index (χ0n) is 18.7. The van der Waals surface area contributed by atoms with E-state index in [2.05, 4.69) is 11.6 Å². The second-order valence-corrected chi connectivity index (χ2v) is 9.97. The predicted molar refractivity (Wildman–Crippen MR) is 124 cm³/mol. The van der Waals surface area contributed by atoms with Gasteiger partial charge in [0.05, 0.1) is 17.0 Å². The van der Waals surface area contributed by atoms with Crippen LogP contribution in [0.5, 0.6) is 0 Å². The number of fused-ring (bicyclic) bond motifs is 2. The first-order valence-electron chi connectivity index (χ1n) is 10.6. The number of nitrogens with zero attached hydrogens (tertiary/aromatic N) is 2. The number of rotatable bonds is 7.